The number of benzene rings is 2. The first-order chi connectivity index (χ1) is 9.70. The van der Waals surface area contributed by atoms with Crippen LogP contribution in [0.15, 0.2) is 54.6 Å². The third kappa shape index (κ3) is 3.36. The number of carboxylic acids is 1. The first kappa shape index (κ1) is 13.6. The topological polar surface area (TPSA) is 64.3 Å². The van der Waals surface area contributed by atoms with E-state index in [1.807, 2.05) is 42.5 Å². The Hall–Kier alpha value is -2.80. The van der Waals surface area contributed by atoms with Gasteiger partial charge in [0.2, 0.25) is 0 Å². The quantitative estimate of drug-likeness (QED) is 0.903. The minimum Gasteiger partial charge on any atom is -0.480 e. The Morgan fingerprint density at radius 2 is 1.75 bits per heavy atom. The Labute approximate surface area is 117 Å². The van der Waals surface area contributed by atoms with E-state index in [-0.39, 0.29) is 6.54 Å². The van der Waals surface area contributed by atoms with Gasteiger partial charge in [0.05, 0.1) is 11.6 Å². The first-order valence-electron chi connectivity index (χ1n) is 6.20. The molecule has 20 heavy (non-hydrogen) atoms. The predicted molar refractivity (Wildman–Crippen MR) is 76.3 cm³/mol. The number of para-hydroxylation sites is 1. The van der Waals surface area contributed by atoms with E-state index in [1.165, 1.54) is 0 Å². The van der Waals surface area contributed by atoms with Gasteiger partial charge in [0.1, 0.15) is 6.54 Å². The zero-order chi connectivity index (χ0) is 14.4. The zero-order valence-electron chi connectivity index (χ0n) is 10.9. The molecule has 0 atom stereocenters. The molecule has 0 amide bonds. The summed E-state index contributed by atoms with van der Waals surface area (Å²) in [5.41, 5.74) is 2.21. The minimum absolute atomic E-state index is 0.107. The molecule has 0 fully saturated rings. The molecule has 0 aliphatic carbocycles. The summed E-state index contributed by atoms with van der Waals surface area (Å²) in [5.74, 6) is -0.900. The largest absolute Gasteiger partial charge is 0.480 e. The van der Waals surface area contributed by atoms with Gasteiger partial charge in [0, 0.05) is 12.2 Å². The highest BCUT2D eigenvalue weighted by molar-refractivity contribution is 5.73. The molecule has 2 rings (SSSR count). The van der Waals surface area contributed by atoms with Crippen LogP contribution < -0.4 is 4.90 Å². The fraction of sp³-hybridized carbons (Fsp3) is 0.125. The average Bonchev–Trinajstić information content (AvgIpc) is 2.47. The van der Waals surface area contributed by atoms with Crippen molar-refractivity contribution in [1.82, 2.24) is 0 Å². The molecular formula is C16H14N2O2. The van der Waals surface area contributed by atoms with Crippen molar-refractivity contribution in [2.24, 2.45) is 0 Å². The van der Waals surface area contributed by atoms with Gasteiger partial charge in [-0.25, -0.2) is 0 Å². The Morgan fingerprint density at radius 1 is 1.10 bits per heavy atom. The SMILES string of the molecule is N#Cc1ccccc1CN(CC(=O)O)c1ccccc1. The lowest BCUT2D eigenvalue weighted by molar-refractivity contribution is -0.135. The van der Waals surface area contributed by atoms with Crippen molar-refractivity contribution in [2.45, 2.75) is 6.54 Å². The van der Waals surface area contributed by atoms with Gasteiger partial charge in [-0.15, -0.1) is 0 Å². The standard InChI is InChI=1S/C16H14N2O2/c17-10-13-6-4-5-7-14(13)11-18(12-16(19)20)15-8-2-1-3-9-15/h1-9H,11-12H2,(H,19,20). The normalized spacial score (nSPS) is 9.75. The molecule has 2 aromatic rings. The van der Waals surface area contributed by atoms with Gasteiger partial charge in [-0.2, -0.15) is 5.26 Å². The third-order valence-electron chi connectivity index (χ3n) is 2.95. The molecule has 0 bridgehead atoms. The summed E-state index contributed by atoms with van der Waals surface area (Å²) in [6.07, 6.45) is 0. The van der Waals surface area contributed by atoms with Crippen LogP contribution in [-0.4, -0.2) is 17.6 Å². The van der Waals surface area contributed by atoms with Gasteiger partial charge in [-0.05, 0) is 23.8 Å². The molecule has 0 aromatic heterocycles. The van der Waals surface area contributed by atoms with Crippen LogP contribution in [0.1, 0.15) is 11.1 Å². The molecular weight excluding hydrogens is 252 g/mol. The molecule has 0 saturated carbocycles. The summed E-state index contributed by atoms with van der Waals surface area (Å²) in [6, 6.07) is 18.7. The van der Waals surface area contributed by atoms with Gasteiger partial charge in [0.25, 0.3) is 0 Å². The van der Waals surface area contributed by atoms with Crippen molar-refractivity contribution >= 4 is 11.7 Å². The molecule has 4 nitrogen and oxygen atoms in total. The van der Waals surface area contributed by atoms with E-state index in [0.717, 1.165) is 11.3 Å². The lowest BCUT2D eigenvalue weighted by Gasteiger charge is -2.23. The summed E-state index contributed by atoms with van der Waals surface area (Å²) in [5, 5.41) is 18.1. The van der Waals surface area contributed by atoms with E-state index in [9.17, 15) is 4.79 Å². The third-order valence-corrected chi connectivity index (χ3v) is 2.95. The second-order valence-electron chi connectivity index (χ2n) is 4.35. The summed E-state index contributed by atoms with van der Waals surface area (Å²) in [6.45, 7) is 0.282. The van der Waals surface area contributed by atoms with Gasteiger partial charge in [-0.1, -0.05) is 36.4 Å². The number of rotatable bonds is 5. The summed E-state index contributed by atoms with van der Waals surface area (Å²) < 4.78 is 0. The van der Waals surface area contributed by atoms with Crippen molar-refractivity contribution < 1.29 is 9.90 Å². The number of hydrogen-bond acceptors (Lipinski definition) is 3. The molecule has 0 aliphatic rings. The molecule has 1 N–H and O–H groups in total. The Bertz CT molecular complexity index is 632. The lowest BCUT2D eigenvalue weighted by Crippen LogP contribution is -2.29. The highest BCUT2D eigenvalue weighted by atomic mass is 16.4. The van der Waals surface area contributed by atoms with E-state index in [0.29, 0.717) is 12.1 Å². The molecule has 0 unspecified atom stereocenters. The minimum atomic E-state index is -0.900. The summed E-state index contributed by atoms with van der Waals surface area (Å²) >= 11 is 0. The molecule has 0 saturated heterocycles. The fourth-order valence-corrected chi connectivity index (χ4v) is 2.01. The van der Waals surface area contributed by atoms with E-state index >= 15 is 0 Å². The van der Waals surface area contributed by atoms with Crippen LogP contribution in [0.25, 0.3) is 0 Å². The fourth-order valence-electron chi connectivity index (χ4n) is 2.01. The molecule has 0 heterocycles. The maximum absolute atomic E-state index is 11.0. The van der Waals surface area contributed by atoms with Gasteiger partial charge in [-0.3, -0.25) is 4.79 Å². The number of carboxylic acid groups (broad SMARTS) is 1. The van der Waals surface area contributed by atoms with Gasteiger partial charge >= 0.3 is 5.97 Å². The van der Waals surface area contributed by atoms with E-state index < -0.39 is 5.97 Å². The summed E-state index contributed by atoms with van der Waals surface area (Å²) in [7, 11) is 0. The van der Waals surface area contributed by atoms with Crippen molar-refractivity contribution in [3.8, 4) is 6.07 Å². The van der Waals surface area contributed by atoms with Gasteiger partial charge < -0.3 is 10.0 Å². The Balaban J connectivity index is 2.29. The van der Waals surface area contributed by atoms with E-state index in [4.69, 9.17) is 10.4 Å². The zero-order valence-corrected chi connectivity index (χ0v) is 10.9. The Morgan fingerprint density at radius 3 is 2.40 bits per heavy atom. The van der Waals surface area contributed by atoms with Crippen LogP contribution in [0.4, 0.5) is 5.69 Å². The second kappa shape index (κ2) is 6.39. The van der Waals surface area contributed by atoms with Crippen molar-refractivity contribution in [2.75, 3.05) is 11.4 Å². The number of aliphatic carboxylic acids is 1. The summed E-state index contributed by atoms with van der Waals surface area (Å²) in [4.78, 5) is 12.8. The number of carbonyl (C=O) groups is 1. The van der Waals surface area contributed by atoms with Crippen molar-refractivity contribution in [1.29, 1.82) is 5.26 Å². The number of nitriles is 1. The lowest BCUT2D eigenvalue weighted by atomic mass is 10.1. The van der Waals surface area contributed by atoms with Crippen LogP contribution in [-0.2, 0) is 11.3 Å². The smallest absolute Gasteiger partial charge is 0.323 e. The van der Waals surface area contributed by atoms with Crippen molar-refractivity contribution in [3.63, 3.8) is 0 Å². The van der Waals surface area contributed by atoms with Crippen LogP contribution in [0.3, 0.4) is 0 Å². The van der Waals surface area contributed by atoms with Gasteiger partial charge in [0.15, 0.2) is 0 Å². The second-order valence-corrected chi connectivity index (χ2v) is 4.35. The monoisotopic (exact) mass is 266 g/mol. The van der Waals surface area contributed by atoms with Crippen LogP contribution in [0.2, 0.25) is 0 Å². The molecule has 2 aromatic carbocycles. The highest BCUT2D eigenvalue weighted by Gasteiger charge is 2.12. The predicted octanol–water partition coefficient (Wildman–Crippen LogP) is 2.65. The Kier molecular flexibility index (Phi) is 4.35. The van der Waals surface area contributed by atoms with Crippen LogP contribution in [0, 0.1) is 11.3 Å². The van der Waals surface area contributed by atoms with E-state index in [2.05, 4.69) is 6.07 Å². The molecule has 0 radical (unpaired) electrons. The molecule has 100 valence electrons. The number of hydrogen-bond donors (Lipinski definition) is 1. The maximum atomic E-state index is 11.0. The van der Waals surface area contributed by atoms with Crippen molar-refractivity contribution in [3.05, 3.63) is 65.7 Å². The maximum Gasteiger partial charge on any atom is 0.323 e. The molecule has 0 aliphatic heterocycles. The highest BCUT2D eigenvalue weighted by Crippen LogP contribution is 2.18. The molecule has 4 heteroatoms. The van der Waals surface area contributed by atoms with E-state index in [1.54, 1.807) is 17.0 Å². The number of nitrogens with zero attached hydrogens (tertiary/aromatic N) is 2. The number of anilines is 1. The average molecular weight is 266 g/mol. The van der Waals surface area contributed by atoms with Crippen LogP contribution >= 0.6 is 0 Å². The first-order valence-corrected chi connectivity index (χ1v) is 6.20. The molecule has 0 spiro atoms. The van der Waals surface area contributed by atoms with Crippen LogP contribution in [0.5, 0.6) is 0 Å².